The average molecular weight is 489 g/mol. The summed E-state index contributed by atoms with van der Waals surface area (Å²) in [6.07, 6.45) is 3.50. The summed E-state index contributed by atoms with van der Waals surface area (Å²) in [4.78, 5) is 32.0. The molecule has 36 heavy (non-hydrogen) atoms. The summed E-state index contributed by atoms with van der Waals surface area (Å²) in [5, 5.41) is 33.6. The quantitative estimate of drug-likeness (QED) is 0.334. The van der Waals surface area contributed by atoms with Gasteiger partial charge in [-0.05, 0) is 49.2 Å². The zero-order valence-corrected chi connectivity index (χ0v) is 19.3. The molecular formula is C24H24BN5O6. The second kappa shape index (κ2) is 9.57. The molecule has 184 valence electrons. The molecule has 4 aromatic rings. The summed E-state index contributed by atoms with van der Waals surface area (Å²) in [5.74, 6) is 0.0154. The number of carbonyl (C=O) groups excluding carboxylic acids is 1. The van der Waals surface area contributed by atoms with Crippen molar-refractivity contribution >= 4 is 24.3 Å². The third-order valence-corrected chi connectivity index (χ3v) is 6.34. The molecule has 2 aromatic carbocycles. The molecule has 0 saturated carbocycles. The highest BCUT2D eigenvalue weighted by Gasteiger charge is 2.35. The van der Waals surface area contributed by atoms with Crippen molar-refractivity contribution in [1.29, 1.82) is 0 Å². The fraction of sp³-hybridized carbons (Fsp3) is 0.250. The Balaban J connectivity index is 1.26. The van der Waals surface area contributed by atoms with Crippen LogP contribution < -0.4 is 10.2 Å². The maximum atomic E-state index is 13.1. The van der Waals surface area contributed by atoms with Crippen LogP contribution in [0.1, 0.15) is 23.2 Å². The minimum atomic E-state index is -1.94. The van der Waals surface area contributed by atoms with Crippen molar-refractivity contribution in [3.05, 3.63) is 83.0 Å². The maximum absolute atomic E-state index is 13.1. The number of likely N-dealkylation sites (tertiary alicyclic amines) is 1. The first-order chi connectivity index (χ1) is 17.3. The summed E-state index contributed by atoms with van der Waals surface area (Å²) in [7, 11) is -1.94. The third kappa shape index (κ3) is 4.74. The smallest absolute Gasteiger partial charge is 0.512 e. The molecule has 0 aliphatic carbocycles. The first-order valence-electron chi connectivity index (χ1n) is 11.5. The molecule has 0 unspecified atom stereocenters. The highest BCUT2D eigenvalue weighted by molar-refractivity contribution is 6.33. The van der Waals surface area contributed by atoms with Gasteiger partial charge < -0.3 is 24.7 Å². The number of rotatable bonds is 6. The number of carbonyl (C=O) groups is 1. The molecule has 5 rings (SSSR count). The summed E-state index contributed by atoms with van der Waals surface area (Å²) < 4.78 is 7.75. The van der Waals surface area contributed by atoms with Gasteiger partial charge in [0, 0.05) is 18.7 Å². The number of hydrogen-bond donors (Lipinski definition) is 3. The normalized spacial score (nSPS) is 15.1. The Morgan fingerprint density at radius 1 is 1.06 bits per heavy atom. The first kappa shape index (κ1) is 23.7. The van der Waals surface area contributed by atoms with Crippen molar-refractivity contribution in [2.45, 2.75) is 25.0 Å². The zero-order chi connectivity index (χ0) is 25.3. The lowest BCUT2D eigenvalue weighted by molar-refractivity contribution is -0.0299. The van der Waals surface area contributed by atoms with Crippen molar-refractivity contribution in [2.75, 3.05) is 13.1 Å². The Hall–Kier alpha value is -4.00. The van der Waals surface area contributed by atoms with E-state index in [9.17, 15) is 14.7 Å². The standard InChI is InChI=1S/C24H24BN5O6/c31-22(17-6-8-19(9-7-17)36-25(34)35)28-12-10-24(33,11-13-28)15-29-16-26-21-20(23(29)32)14-27-30(21)18-4-2-1-3-5-18/h1-9,14,16,33-35H,10-13,15H2. The molecule has 3 N–H and O–H groups in total. The fourth-order valence-electron chi connectivity index (χ4n) is 4.40. The van der Waals surface area contributed by atoms with Crippen LogP contribution in [0.25, 0.3) is 16.7 Å². The van der Waals surface area contributed by atoms with Gasteiger partial charge in [0.15, 0.2) is 5.65 Å². The van der Waals surface area contributed by atoms with E-state index in [2.05, 4.69) is 10.1 Å². The van der Waals surface area contributed by atoms with Gasteiger partial charge in [0.25, 0.3) is 11.5 Å². The highest BCUT2D eigenvalue weighted by Crippen LogP contribution is 2.26. The van der Waals surface area contributed by atoms with Crippen LogP contribution in [0.4, 0.5) is 0 Å². The van der Waals surface area contributed by atoms with Crippen LogP contribution in [-0.2, 0) is 6.54 Å². The second-order valence-corrected chi connectivity index (χ2v) is 8.79. The number of fused-ring (bicyclic) bond motifs is 1. The Bertz CT molecular complexity index is 1430. The molecule has 1 aliphatic heterocycles. The van der Waals surface area contributed by atoms with Crippen LogP contribution in [-0.4, -0.2) is 71.3 Å². The molecule has 0 radical (unpaired) electrons. The molecule has 0 spiro atoms. The average Bonchev–Trinajstić information content (AvgIpc) is 3.31. The summed E-state index contributed by atoms with van der Waals surface area (Å²) in [5.41, 5.74) is 0.201. The van der Waals surface area contributed by atoms with Crippen molar-refractivity contribution < 1.29 is 24.6 Å². The van der Waals surface area contributed by atoms with E-state index in [1.165, 1.54) is 41.4 Å². The zero-order valence-electron chi connectivity index (χ0n) is 19.3. The summed E-state index contributed by atoms with van der Waals surface area (Å²) >= 11 is 0. The summed E-state index contributed by atoms with van der Waals surface area (Å²) in [6.45, 7) is 0.696. The molecular weight excluding hydrogens is 465 g/mol. The van der Waals surface area contributed by atoms with E-state index < -0.39 is 12.9 Å². The molecule has 12 heteroatoms. The van der Waals surface area contributed by atoms with Gasteiger partial charge in [-0.25, -0.2) is 9.67 Å². The molecule has 1 saturated heterocycles. The van der Waals surface area contributed by atoms with E-state index in [0.29, 0.717) is 42.5 Å². The predicted molar refractivity (Wildman–Crippen MR) is 130 cm³/mol. The number of hydrogen-bond acceptors (Lipinski definition) is 8. The van der Waals surface area contributed by atoms with E-state index in [0.717, 1.165) is 5.69 Å². The molecule has 3 heterocycles. The van der Waals surface area contributed by atoms with Gasteiger partial charge in [-0.2, -0.15) is 5.10 Å². The molecule has 11 nitrogen and oxygen atoms in total. The van der Waals surface area contributed by atoms with E-state index in [-0.39, 0.29) is 23.8 Å². The lowest BCUT2D eigenvalue weighted by Gasteiger charge is -2.38. The van der Waals surface area contributed by atoms with Crippen LogP contribution in [0.5, 0.6) is 5.75 Å². The van der Waals surface area contributed by atoms with Crippen molar-refractivity contribution in [3.8, 4) is 11.4 Å². The Morgan fingerprint density at radius 3 is 2.42 bits per heavy atom. The number of aliphatic hydroxyl groups is 1. The van der Waals surface area contributed by atoms with Gasteiger partial charge in [-0.3, -0.25) is 14.2 Å². The molecule has 2 aromatic heterocycles. The van der Waals surface area contributed by atoms with Gasteiger partial charge in [0.1, 0.15) is 17.5 Å². The van der Waals surface area contributed by atoms with E-state index in [1.54, 1.807) is 9.58 Å². The number of amides is 1. The maximum Gasteiger partial charge on any atom is 0.707 e. The molecule has 0 bridgehead atoms. The lowest BCUT2D eigenvalue weighted by Crippen LogP contribution is -2.49. The number of para-hydroxylation sites is 1. The monoisotopic (exact) mass is 489 g/mol. The number of aromatic nitrogens is 4. The largest absolute Gasteiger partial charge is 0.707 e. The number of piperidine rings is 1. The fourth-order valence-corrected chi connectivity index (χ4v) is 4.40. The van der Waals surface area contributed by atoms with E-state index in [4.69, 9.17) is 14.7 Å². The van der Waals surface area contributed by atoms with Crippen LogP contribution in [0, 0.1) is 0 Å². The minimum absolute atomic E-state index is 0.0584. The Labute approximate surface area is 206 Å². The van der Waals surface area contributed by atoms with Gasteiger partial charge in [0.2, 0.25) is 0 Å². The van der Waals surface area contributed by atoms with Crippen LogP contribution >= 0.6 is 0 Å². The molecule has 0 atom stereocenters. The topological polar surface area (TPSA) is 143 Å². The van der Waals surface area contributed by atoms with Gasteiger partial charge in [-0.15, -0.1) is 0 Å². The Kier molecular flexibility index (Phi) is 6.31. The van der Waals surface area contributed by atoms with Crippen molar-refractivity contribution in [2.24, 2.45) is 0 Å². The van der Waals surface area contributed by atoms with Gasteiger partial charge in [-0.1, -0.05) is 18.2 Å². The van der Waals surface area contributed by atoms with E-state index in [1.807, 2.05) is 30.3 Å². The highest BCUT2D eigenvalue weighted by atomic mass is 16.6. The van der Waals surface area contributed by atoms with E-state index >= 15 is 0 Å². The second-order valence-electron chi connectivity index (χ2n) is 8.79. The van der Waals surface area contributed by atoms with Crippen molar-refractivity contribution in [1.82, 2.24) is 24.2 Å². The number of benzene rings is 2. The minimum Gasteiger partial charge on any atom is -0.512 e. The van der Waals surface area contributed by atoms with Crippen molar-refractivity contribution in [3.63, 3.8) is 0 Å². The SMILES string of the molecule is O=C(c1ccc(OB(O)O)cc1)N1CCC(O)(Cn2cnc3c(cnn3-c3ccccc3)c2=O)CC1. The summed E-state index contributed by atoms with van der Waals surface area (Å²) in [6, 6.07) is 15.4. The third-order valence-electron chi connectivity index (χ3n) is 6.34. The Morgan fingerprint density at radius 2 is 1.75 bits per heavy atom. The molecule has 1 amide bonds. The van der Waals surface area contributed by atoms with Gasteiger partial charge in [0.05, 0.1) is 24.0 Å². The number of nitrogens with zero attached hydrogens (tertiary/aromatic N) is 5. The predicted octanol–water partition coefficient (Wildman–Crippen LogP) is 0.598. The molecule has 1 fully saturated rings. The van der Waals surface area contributed by atoms with Gasteiger partial charge >= 0.3 is 7.32 Å². The molecule has 1 aliphatic rings. The van der Waals surface area contributed by atoms with Crippen LogP contribution in [0.3, 0.4) is 0 Å². The van der Waals surface area contributed by atoms with Crippen LogP contribution in [0.2, 0.25) is 0 Å². The lowest BCUT2D eigenvalue weighted by atomic mass is 9.91. The van der Waals surface area contributed by atoms with Crippen LogP contribution in [0.15, 0.2) is 71.9 Å². The first-order valence-corrected chi connectivity index (χ1v) is 11.5.